The summed E-state index contributed by atoms with van der Waals surface area (Å²) in [7, 11) is -2.36. The number of benzene rings is 2. The molecule has 10 heteroatoms. The summed E-state index contributed by atoms with van der Waals surface area (Å²) in [5.74, 6) is -0.216. The van der Waals surface area contributed by atoms with E-state index >= 15 is 0 Å². The Bertz CT molecular complexity index is 1080. The number of rotatable bonds is 6. The maximum absolute atomic E-state index is 12.2. The van der Waals surface area contributed by atoms with Gasteiger partial charge in [0.25, 0.3) is 5.89 Å². The molecule has 1 aromatic heterocycles. The summed E-state index contributed by atoms with van der Waals surface area (Å²) in [6, 6.07) is 12.9. The van der Waals surface area contributed by atoms with E-state index in [9.17, 15) is 13.2 Å². The minimum Gasteiger partial charge on any atom is -0.452 e. The van der Waals surface area contributed by atoms with E-state index in [4.69, 9.17) is 9.26 Å². The van der Waals surface area contributed by atoms with Gasteiger partial charge in [-0.2, -0.15) is 4.98 Å². The van der Waals surface area contributed by atoms with Gasteiger partial charge < -0.3 is 9.26 Å². The molecule has 0 atom stereocenters. The number of esters is 1. The minimum absolute atomic E-state index is 0.0332. The third kappa shape index (κ3) is 4.59. The fourth-order valence-electron chi connectivity index (χ4n) is 2.18. The number of hydrogen-bond acceptors (Lipinski definition) is 7. The molecule has 3 rings (SSSR count). The van der Waals surface area contributed by atoms with Crippen LogP contribution in [0.4, 0.5) is 0 Å². The molecule has 0 fully saturated rings. The first-order chi connectivity index (χ1) is 12.9. The van der Waals surface area contributed by atoms with Crippen molar-refractivity contribution < 1.29 is 22.5 Å². The van der Waals surface area contributed by atoms with Crippen LogP contribution in [-0.2, 0) is 21.4 Å². The van der Waals surface area contributed by atoms with E-state index in [0.717, 1.165) is 10.0 Å². The van der Waals surface area contributed by atoms with Crippen molar-refractivity contribution in [2.24, 2.45) is 0 Å². The zero-order chi connectivity index (χ0) is 19.4. The van der Waals surface area contributed by atoms with E-state index < -0.39 is 16.0 Å². The number of carbonyl (C=O) groups excluding carboxylic acids is 1. The molecule has 0 saturated carbocycles. The highest BCUT2D eigenvalue weighted by atomic mass is 79.9. The summed E-state index contributed by atoms with van der Waals surface area (Å²) in [6.07, 6.45) is 0. The Labute approximate surface area is 163 Å². The zero-order valence-corrected chi connectivity index (χ0v) is 16.5. The van der Waals surface area contributed by atoms with Gasteiger partial charge in [-0.15, -0.1) is 0 Å². The topological polar surface area (TPSA) is 111 Å². The first-order valence-electron chi connectivity index (χ1n) is 7.68. The fourth-order valence-corrected chi connectivity index (χ4v) is 3.35. The van der Waals surface area contributed by atoms with Gasteiger partial charge in [0, 0.05) is 10.0 Å². The van der Waals surface area contributed by atoms with Crippen LogP contribution in [0.15, 0.2) is 62.4 Å². The van der Waals surface area contributed by atoms with Crippen molar-refractivity contribution in [1.29, 1.82) is 0 Å². The van der Waals surface area contributed by atoms with Crippen molar-refractivity contribution in [3.63, 3.8) is 0 Å². The number of halogens is 1. The van der Waals surface area contributed by atoms with E-state index in [1.807, 2.05) is 24.3 Å². The first-order valence-corrected chi connectivity index (χ1v) is 9.96. The van der Waals surface area contributed by atoms with Crippen molar-refractivity contribution >= 4 is 31.9 Å². The first kappa shape index (κ1) is 19.2. The monoisotopic (exact) mass is 451 g/mol. The molecule has 0 amide bonds. The number of hydrogen-bond donors (Lipinski definition) is 1. The second kappa shape index (κ2) is 7.99. The quantitative estimate of drug-likeness (QED) is 0.573. The van der Waals surface area contributed by atoms with Gasteiger partial charge in [0.1, 0.15) is 0 Å². The molecule has 3 aromatic rings. The lowest BCUT2D eigenvalue weighted by atomic mass is 10.2. The number of nitrogens with one attached hydrogen (secondary N) is 1. The zero-order valence-electron chi connectivity index (χ0n) is 14.0. The summed E-state index contributed by atoms with van der Waals surface area (Å²) < 4.78 is 36.9. The van der Waals surface area contributed by atoms with Gasteiger partial charge in [-0.05, 0) is 37.4 Å². The van der Waals surface area contributed by atoms with Gasteiger partial charge in [-0.1, -0.05) is 39.3 Å². The van der Waals surface area contributed by atoms with Crippen molar-refractivity contribution in [3.05, 3.63) is 64.5 Å². The molecule has 0 aliphatic carbocycles. The molecule has 8 nitrogen and oxygen atoms in total. The van der Waals surface area contributed by atoms with Crippen LogP contribution in [-0.4, -0.2) is 31.6 Å². The highest BCUT2D eigenvalue weighted by Gasteiger charge is 2.16. The molecular formula is C17H14BrN3O5S. The SMILES string of the molecule is CNS(=O)(=O)c1cccc(C(=O)OCc2nc(-c3cccc(Br)c3)no2)c1. The second-order valence-electron chi connectivity index (χ2n) is 5.33. The maximum atomic E-state index is 12.2. The number of ether oxygens (including phenoxy) is 1. The van der Waals surface area contributed by atoms with Gasteiger partial charge in [0.2, 0.25) is 15.8 Å². The largest absolute Gasteiger partial charge is 0.452 e. The highest BCUT2D eigenvalue weighted by molar-refractivity contribution is 9.10. The number of sulfonamides is 1. The van der Waals surface area contributed by atoms with E-state index in [-0.39, 0.29) is 23.0 Å². The highest BCUT2D eigenvalue weighted by Crippen LogP contribution is 2.20. The molecule has 0 saturated heterocycles. The average Bonchev–Trinajstić information content (AvgIpc) is 3.15. The van der Waals surface area contributed by atoms with Gasteiger partial charge in [0.05, 0.1) is 10.5 Å². The predicted molar refractivity (Wildman–Crippen MR) is 99.2 cm³/mol. The normalized spacial score (nSPS) is 11.3. The van der Waals surface area contributed by atoms with Crippen LogP contribution in [0.1, 0.15) is 16.2 Å². The van der Waals surface area contributed by atoms with Crippen LogP contribution >= 0.6 is 15.9 Å². The lowest BCUT2D eigenvalue weighted by Crippen LogP contribution is -2.19. The molecular weight excluding hydrogens is 438 g/mol. The molecule has 0 aliphatic heterocycles. The fraction of sp³-hybridized carbons (Fsp3) is 0.118. The second-order valence-corrected chi connectivity index (χ2v) is 8.14. The Morgan fingerprint density at radius 2 is 2.00 bits per heavy atom. The third-order valence-electron chi connectivity index (χ3n) is 3.53. The lowest BCUT2D eigenvalue weighted by Gasteiger charge is -2.05. The molecule has 1 N–H and O–H groups in total. The van der Waals surface area contributed by atoms with Crippen molar-refractivity contribution in [2.45, 2.75) is 11.5 Å². The van der Waals surface area contributed by atoms with Crippen LogP contribution in [0, 0.1) is 0 Å². The Kier molecular flexibility index (Phi) is 5.68. The van der Waals surface area contributed by atoms with Crippen molar-refractivity contribution in [3.8, 4) is 11.4 Å². The number of carbonyl (C=O) groups is 1. The minimum atomic E-state index is -3.65. The predicted octanol–water partition coefficient (Wildman–Crippen LogP) is 2.76. The van der Waals surface area contributed by atoms with E-state index in [2.05, 4.69) is 30.8 Å². The maximum Gasteiger partial charge on any atom is 0.338 e. The molecule has 0 radical (unpaired) electrons. The smallest absolute Gasteiger partial charge is 0.338 e. The van der Waals surface area contributed by atoms with E-state index in [1.54, 1.807) is 0 Å². The van der Waals surface area contributed by atoms with Crippen LogP contribution in [0.3, 0.4) is 0 Å². The third-order valence-corrected chi connectivity index (χ3v) is 5.43. The molecule has 0 unspecified atom stereocenters. The van der Waals surface area contributed by atoms with Gasteiger partial charge in [-0.25, -0.2) is 17.9 Å². The van der Waals surface area contributed by atoms with Crippen molar-refractivity contribution in [2.75, 3.05) is 7.05 Å². The lowest BCUT2D eigenvalue weighted by molar-refractivity contribution is 0.0429. The van der Waals surface area contributed by atoms with E-state index in [0.29, 0.717) is 5.82 Å². The number of aromatic nitrogens is 2. The summed E-state index contributed by atoms with van der Waals surface area (Å²) in [5.41, 5.74) is 0.841. The van der Waals surface area contributed by atoms with Gasteiger partial charge in [-0.3, -0.25) is 0 Å². The summed E-state index contributed by atoms with van der Waals surface area (Å²) >= 11 is 3.36. The molecule has 140 valence electrons. The van der Waals surface area contributed by atoms with E-state index in [1.165, 1.54) is 31.3 Å². The van der Waals surface area contributed by atoms with Gasteiger partial charge >= 0.3 is 5.97 Å². The van der Waals surface area contributed by atoms with Crippen molar-refractivity contribution in [1.82, 2.24) is 14.9 Å². The Hall–Kier alpha value is -2.56. The summed E-state index contributed by atoms with van der Waals surface area (Å²) in [4.78, 5) is 16.3. The molecule has 27 heavy (non-hydrogen) atoms. The average molecular weight is 452 g/mol. The molecule has 0 bridgehead atoms. The van der Waals surface area contributed by atoms with Crippen LogP contribution in [0.5, 0.6) is 0 Å². The standard InChI is InChI=1S/C17H14BrN3O5S/c1-19-27(23,24)14-7-3-5-12(9-14)17(22)25-10-15-20-16(21-26-15)11-4-2-6-13(18)8-11/h2-9,19H,10H2,1H3. The van der Waals surface area contributed by atoms with Crippen LogP contribution in [0.2, 0.25) is 0 Å². The summed E-state index contributed by atoms with van der Waals surface area (Å²) in [5, 5.41) is 3.85. The van der Waals surface area contributed by atoms with Crippen LogP contribution in [0.25, 0.3) is 11.4 Å². The Morgan fingerprint density at radius 1 is 1.22 bits per heavy atom. The Morgan fingerprint density at radius 3 is 2.74 bits per heavy atom. The number of nitrogens with zero attached hydrogens (tertiary/aromatic N) is 2. The molecule has 0 aliphatic rings. The molecule has 2 aromatic carbocycles. The molecule has 1 heterocycles. The molecule has 0 spiro atoms. The van der Waals surface area contributed by atoms with Crippen LogP contribution < -0.4 is 4.72 Å². The van der Waals surface area contributed by atoms with Gasteiger partial charge in [0.15, 0.2) is 6.61 Å². The summed E-state index contributed by atoms with van der Waals surface area (Å²) in [6.45, 7) is -0.233. The Balaban J connectivity index is 1.69.